The molecule has 1 aromatic rings. The van der Waals surface area contributed by atoms with Crippen LogP contribution in [0.15, 0.2) is 18.2 Å². The second-order valence-electron chi connectivity index (χ2n) is 5.26. The van der Waals surface area contributed by atoms with Gasteiger partial charge in [0.1, 0.15) is 0 Å². The lowest BCUT2D eigenvalue weighted by molar-refractivity contribution is 0.257. The minimum Gasteiger partial charge on any atom is -0.314 e. The number of pyridine rings is 1. The molecule has 3 nitrogen and oxygen atoms in total. The van der Waals surface area contributed by atoms with Crippen LogP contribution in [0.1, 0.15) is 24.7 Å². The van der Waals surface area contributed by atoms with E-state index in [2.05, 4.69) is 41.3 Å². The summed E-state index contributed by atoms with van der Waals surface area (Å²) in [4.78, 5) is 6.93. The van der Waals surface area contributed by atoms with Gasteiger partial charge in [-0.25, -0.2) is 0 Å². The molecule has 1 aliphatic heterocycles. The zero-order valence-corrected chi connectivity index (χ0v) is 11.1. The quantitative estimate of drug-likeness (QED) is 0.860. The number of hydrogen-bond acceptors (Lipinski definition) is 3. The first-order valence-electron chi connectivity index (χ1n) is 6.49. The second kappa shape index (κ2) is 5.61. The molecule has 1 aromatic heterocycles. The summed E-state index contributed by atoms with van der Waals surface area (Å²) in [5.74, 6) is 0.782. The number of nitrogens with zero attached hydrogens (tertiary/aromatic N) is 2. The first kappa shape index (κ1) is 12.5. The van der Waals surface area contributed by atoms with Crippen LogP contribution in [-0.2, 0) is 6.54 Å². The van der Waals surface area contributed by atoms with E-state index < -0.39 is 0 Å². The summed E-state index contributed by atoms with van der Waals surface area (Å²) in [6.07, 6.45) is 1.30. The van der Waals surface area contributed by atoms with Gasteiger partial charge in [0.15, 0.2) is 0 Å². The van der Waals surface area contributed by atoms with Gasteiger partial charge in [-0.15, -0.1) is 0 Å². The van der Waals surface area contributed by atoms with Crippen molar-refractivity contribution >= 4 is 0 Å². The van der Waals surface area contributed by atoms with Crippen LogP contribution in [0.3, 0.4) is 0 Å². The highest BCUT2D eigenvalue weighted by atomic mass is 15.1. The maximum absolute atomic E-state index is 4.55. The fourth-order valence-corrected chi connectivity index (χ4v) is 2.59. The minimum atomic E-state index is 0.655. The van der Waals surface area contributed by atoms with Crippen molar-refractivity contribution in [3.05, 3.63) is 29.6 Å². The van der Waals surface area contributed by atoms with Crippen molar-refractivity contribution in [2.45, 2.75) is 32.9 Å². The Morgan fingerprint density at radius 2 is 2.29 bits per heavy atom. The number of hydrogen-bond donors (Lipinski definition) is 1. The van der Waals surface area contributed by atoms with Crippen LogP contribution in [0.25, 0.3) is 0 Å². The molecule has 0 spiro atoms. The van der Waals surface area contributed by atoms with Crippen LogP contribution < -0.4 is 5.32 Å². The van der Waals surface area contributed by atoms with Crippen molar-refractivity contribution in [3.8, 4) is 0 Å². The van der Waals surface area contributed by atoms with E-state index in [1.54, 1.807) is 0 Å². The molecule has 0 saturated carbocycles. The predicted octanol–water partition coefficient (Wildman–Crippen LogP) is 1.82. The van der Waals surface area contributed by atoms with E-state index in [-0.39, 0.29) is 0 Å². The largest absolute Gasteiger partial charge is 0.314 e. The fraction of sp³-hybridized carbons (Fsp3) is 0.643. The molecule has 1 saturated heterocycles. The number of rotatable bonds is 4. The molecule has 0 bridgehead atoms. The van der Waals surface area contributed by atoms with E-state index in [1.165, 1.54) is 18.7 Å². The molecule has 0 aliphatic carbocycles. The van der Waals surface area contributed by atoms with Crippen LogP contribution in [0.4, 0.5) is 0 Å². The van der Waals surface area contributed by atoms with E-state index in [9.17, 15) is 0 Å². The highest BCUT2D eigenvalue weighted by Gasteiger charge is 2.23. The van der Waals surface area contributed by atoms with Gasteiger partial charge in [0.05, 0.1) is 5.69 Å². The highest BCUT2D eigenvalue weighted by Crippen LogP contribution is 2.16. The lowest BCUT2D eigenvalue weighted by atomic mass is 10.0. The average molecular weight is 233 g/mol. The van der Waals surface area contributed by atoms with Crippen molar-refractivity contribution in [1.29, 1.82) is 0 Å². The topological polar surface area (TPSA) is 28.2 Å². The van der Waals surface area contributed by atoms with Crippen molar-refractivity contribution in [1.82, 2.24) is 15.2 Å². The van der Waals surface area contributed by atoms with Gasteiger partial charge < -0.3 is 10.2 Å². The van der Waals surface area contributed by atoms with Gasteiger partial charge in [-0.3, -0.25) is 4.98 Å². The third-order valence-corrected chi connectivity index (χ3v) is 3.61. The van der Waals surface area contributed by atoms with Gasteiger partial charge in [-0.05, 0) is 51.9 Å². The molecule has 2 heterocycles. The zero-order valence-electron chi connectivity index (χ0n) is 11.1. The second-order valence-corrected chi connectivity index (χ2v) is 5.26. The van der Waals surface area contributed by atoms with Gasteiger partial charge in [0.2, 0.25) is 0 Å². The van der Waals surface area contributed by atoms with Gasteiger partial charge in [-0.1, -0.05) is 6.07 Å². The van der Waals surface area contributed by atoms with Gasteiger partial charge in [-0.2, -0.15) is 0 Å². The summed E-state index contributed by atoms with van der Waals surface area (Å²) in [6, 6.07) is 6.90. The molecule has 1 fully saturated rings. The molecule has 0 amide bonds. The van der Waals surface area contributed by atoms with Crippen molar-refractivity contribution < 1.29 is 0 Å². The molecular weight excluding hydrogens is 210 g/mol. The zero-order chi connectivity index (χ0) is 12.3. The Morgan fingerprint density at radius 3 is 2.94 bits per heavy atom. The van der Waals surface area contributed by atoms with Crippen LogP contribution in [0.5, 0.6) is 0 Å². The monoisotopic (exact) mass is 233 g/mol. The van der Waals surface area contributed by atoms with Gasteiger partial charge >= 0.3 is 0 Å². The van der Waals surface area contributed by atoms with E-state index in [1.807, 2.05) is 13.0 Å². The third-order valence-electron chi connectivity index (χ3n) is 3.61. The molecule has 94 valence electrons. The first-order chi connectivity index (χ1) is 8.15. The summed E-state index contributed by atoms with van der Waals surface area (Å²) in [5, 5.41) is 3.51. The Bertz CT molecular complexity index is 364. The molecule has 17 heavy (non-hydrogen) atoms. The Kier molecular flexibility index (Phi) is 4.13. The Morgan fingerprint density at radius 1 is 1.47 bits per heavy atom. The average Bonchev–Trinajstić information content (AvgIpc) is 2.64. The number of nitrogens with one attached hydrogen (secondary N) is 1. The summed E-state index contributed by atoms with van der Waals surface area (Å²) in [6.45, 7) is 7.61. The van der Waals surface area contributed by atoms with E-state index in [0.717, 1.165) is 24.7 Å². The fourth-order valence-electron chi connectivity index (χ4n) is 2.59. The number of aryl methyl sites for hydroxylation is 1. The lowest BCUT2D eigenvalue weighted by Gasteiger charge is -2.23. The SMILES string of the molecule is Cc1cccc(CN(C)CC2CCNC2C)n1. The van der Waals surface area contributed by atoms with E-state index in [4.69, 9.17) is 0 Å². The van der Waals surface area contributed by atoms with Crippen LogP contribution in [-0.4, -0.2) is 36.1 Å². The molecule has 3 heteroatoms. The molecular formula is C14H23N3. The molecule has 0 radical (unpaired) electrons. The molecule has 2 unspecified atom stereocenters. The smallest absolute Gasteiger partial charge is 0.0547 e. The van der Waals surface area contributed by atoms with Crippen molar-refractivity contribution in [2.75, 3.05) is 20.1 Å². The van der Waals surface area contributed by atoms with Crippen molar-refractivity contribution in [2.24, 2.45) is 5.92 Å². The normalized spacial score (nSPS) is 24.5. The summed E-state index contributed by atoms with van der Waals surface area (Å²) in [7, 11) is 2.19. The van der Waals surface area contributed by atoms with Crippen LogP contribution in [0.2, 0.25) is 0 Å². The van der Waals surface area contributed by atoms with E-state index in [0.29, 0.717) is 6.04 Å². The van der Waals surface area contributed by atoms with Crippen LogP contribution >= 0.6 is 0 Å². The maximum Gasteiger partial charge on any atom is 0.0547 e. The van der Waals surface area contributed by atoms with E-state index >= 15 is 0 Å². The van der Waals surface area contributed by atoms with Crippen molar-refractivity contribution in [3.63, 3.8) is 0 Å². The first-order valence-corrected chi connectivity index (χ1v) is 6.49. The summed E-state index contributed by atoms with van der Waals surface area (Å²) < 4.78 is 0. The van der Waals surface area contributed by atoms with Gasteiger partial charge in [0, 0.05) is 24.8 Å². The molecule has 1 aliphatic rings. The Hall–Kier alpha value is -0.930. The number of aromatic nitrogens is 1. The third kappa shape index (κ3) is 3.51. The minimum absolute atomic E-state index is 0.655. The highest BCUT2D eigenvalue weighted by molar-refractivity contribution is 5.09. The standard InChI is InChI=1S/C14H23N3/c1-11-5-4-6-14(16-11)10-17(3)9-13-7-8-15-12(13)2/h4-6,12-13,15H,7-10H2,1-3H3. The molecule has 1 N–H and O–H groups in total. The summed E-state index contributed by atoms with van der Waals surface area (Å²) in [5.41, 5.74) is 2.28. The lowest BCUT2D eigenvalue weighted by Crippen LogP contribution is -2.32. The molecule has 2 atom stereocenters. The van der Waals surface area contributed by atoms with Crippen LogP contribution in [0, 0.1) is 12.8 Å². The Labute approximate surface area is 104 Å². The Balaban J connectivity index is 1.86. The van der Waals surface area contributed by atoms with Gasteiger partial charge in [0.25, 0.3) is 0 Å². The summed E-state index contributed by atoms with van der Waals surface area (Å²) >= 11 is 0. The molecule has 2 rings (SSSR count). The molecule has 0 aromatic carbocycles. The maximum atomic E-state index is 4.55. The predicted molar refractivity (Wildman–Crippen MR) is 70.9 cm³/mol.